The Labute approximate surface area is 255 Å². The molecule has 1 aliphatic heterocycles. The average molecular weight is 590 g/mol. The summed E-state index contributed by atoms with van der Waals surface area (Å²) < 4.78 is 13.5. The zero-order chi connectivity index (χ0) is 31.2. The molecule has 0 radical (unpaired) electrons. The normalized spacial score (nSPS) is 21.1. The van der Waals surface area contributed by atoms with Crippen LogP contribution in [0.3, 0.4) is 0 Å². The molecule has 43 heavy (non-hydrogen) atoms. The predicted molar refractivity (Wildman–Crippen MR) is 168 cm³/mol. The van der Waals surface area contributed by atoms with Gasteiger partial charge in [0.1, 0.15) is 12.2 Å². The number of benzene rings is 2. The second-order valence-electron chi connectivity index (χ2n) is 14.6. The smallest absolute Gasteiger partial charge is 0.410 e. The van der Waals surface area contributed by atoms with Crippen molar-refractivity contribution < 1.29 is 19.1 Å². The maximum Gasteiger partial charge on any atom is 0.410 e. The quantitative estimate of drug-likeness (QED) is 0.327. The SMILES string of the molecule is C[C@H](N(Cc1ccc2c(c1)nc(N)n2C1CC2(CCN(C(=O)OC(C)(C)C)C2)C1)C(=O)OCc1ccccc1)C(C)(C)C. The van der Waals surface area contributed by atoms with Crippen LogP contribution in [0.25, 0.3) is 11.0 Å². The summed E-state index contributed by atoms with van der Waals surface area (Å²) in [6, 6.07) is 16.1. The van der Waals surface area contributed by atoms with Crippen LogP contribution in [0.4, 0.5) is 15.5 Å². The van der Waals surface area contributed by atoms with E-state index in [4.69, 9.17) is 20.2 Å². The Balaban J connectivity index is 1.28. The number of ether oxygens (including phenoxy) is 2. The fourth-order valence-electron chi connectivity index (χ4n) is 6.34. The van der Waals surface area contributed by atoms with E-state index in [1.54, 1.807) is 4.90 Å². The first-order valence-electron chi connectivity index (χ1n) is 15.4. The highest BCUT2D eigenvalue weighted by molar-refractivity contribution is 5.79. The lowest BCUT2D eigenvalue weighted by Gasteiger charge is -2.46. The fraction of sp³-hybridized carbons (Fsp3) is 0.559. The highest BCUT2D eigenvalue weighted by Crippen LogP contribution is 2.55. The number of fused-ring (bicyclic) bond motifs is 1. The van der Waals surface area contributed by atoms with Gasteiger partial charge in [0.05, 0.1) is 11.0 Å². The van der Waals surface area contributed by atoms with Gasteiger partial charge in [-0.1, -0.05) is 57.2 Å². The zero-order valence-corrected chi connectivity index (χ0v) is 26.7. The van der Waals surface area contributed by atoms with Crippen molar-refractivity contribution in [1.82, 2.24) is 19.4 Å². The molecular weight excluding hydrogens is 542 g/mol. The van der Waals surface area contributed by atoms with Crippen LogP contribution >= 0.6 is 0 Å². The second kappa shape index (κ2) is 11.4. The molecule has 232 valence electrons. The van der Waals surface area contributed by atoms with E-state index in [1.165, 1.54) is 0 Å². The van der Waals surface area contributed by atoms with Gasteiger partial charge in [-0.2, -0.15) is 0 Å². The van der Waals surface area contributed by atoms with E-state index in [0.717, 1.165) is 54.5 Å². The van der Waals surface area contributed by atoms with E-state index < -0.39 is 5.60 Å². The zero-order valence-electron chi connectivity index (χ0n) is 26.7. The molecule has 1 saturated carbocycles. The van der Waals surface area contributed by atoms with Gasteiger partial charge in [-0.15, -0.1) is 0 Å². The van der Waals surface area contributed by atoms with Crippen molar-refractivity contribution in [3.63, 3.8) is 0 Å². The van der Waals surface area contributed by atoms with E-state index in [9.17, 15) is 9.59 Å². The molecule has 2 fully saturated rings. The lowest BCUT2D eigenvalue weighted by atomic mass is 9.65. The van der Waals surface area contributed by atoms with Gasteiger partial charge in [0.2, 0.25) is 5.95 Å². The molecular formula is C34H47N5O4. The second-order valence-corrected chi connectivity index (χ2v) is 14.6. The first kappa shape index (κ1) is 30.7. The van der Waals surface area contributed by atoms with E-state index >= 15 is 0 Å². The van der Waals surface area contributed by atoms with E-state index in [0.29, 0.717) is 12.5 Å². The minimum Gasteiger partial charge on any atom is -0.445 e. The summed E-state index contributed by atoms with van der Waals surface area (Å²) in [6.45, 7) is 16.2. The number of rotatable bonds is 6. The highest BCUT2D eigenvalue weighted by atomic mass is 16.6. The van der Waals surface area contributed by atoms with Crippen LogP contribution in [0.2, 0.25) is 0 Å². The molecule has 1 aliphatic carbocycles. The Morgan fingerprint density at radius 3 is 2.42 bits per heavy atom. The number of nitrogens with two attached hydrogens (primary N) is 1. The largest absolute Gasteiger partial charge is 0.445 e. The van der Waals surface area contributed by atoms with Gasteiger partial charge in [-0.3, -0.25) is 0 Å². The lowest BCUT2D eigenvalue weighted by molar-refractivity contribution is 0.0200. The van der Waals surface area contributed by atoms with Crippen LogP contribution in [0, 0.1) is 10.8 Å². The maximum absolute atomic E-state index is 13.4. The summed E-state index contributed by atoms with van der Waals surface area (Å²) >= 11 is 0. The lowest BCUT2D eigenvalue weighted by Crippen LogP contribution is -2.45. The summed E-state index contributed by atoms with van der Waals surface area (Å²) in [5.41, 5.74) is 9.68. The van der Waals surface area contributed by atoms with Gasteiger partial charge in [0.15, 0.2) is 0 Å². The molecule has 9 nitrogen and oxygen atoms in total. The Morgan fingerprint density at radius 2 is 1.77 bits per heavy atom. The number of carbonyl (C=O) groups excluding carboxylic acids is 2. The Hall–Kier alpha value is -3.75. The van der Waals surface area contributed by atoms with Crippen LogP contribution in [0.5, 0.6) is 0 Å². The summed E-state index contributed by atoms with van der Waals surface area (Å²) in [5.74, 6) is 0.496. The number of hydrogen-bond donors (Lipinski definition) is 1. The number of anilines is 1. The van der Waals surface area contributed by atoms with Crippen LogP contribution in [0.1, 0.15) is 84.9 Å². The van der Waals surface area contributed by atoms with Crippen molar-refractivity contribution in [2.24, 2.45) is 10.8 Å². The molecule has 0 unspecified atom stereocenters. The number of aromatic nitrogens is 2. The molecule has 3 aromatic rings. The van der Waals surface area contributed by atoms with Gasteiger partial charge >= 0.3 is 12.2 Å². The summed E-state index contributed by atoms with van der Waals surface area (Å²) in [7, 11) is 0. The number of carbonyl (C=O) groups is 2. The third-order valence-electron chi connectivity index (χ3n) is 9.09. The average Bonchev–Trinajstić information content (AvgIpc) is 3.49. The number of nitrogen functional groups attached to an aromatic ring is 1. The molecule has 2 aromatic carbocycles. The van der Waals surface area contributed by atoms with Gasteiger partial charge < -0.3 is 29.6 Å². The minimum atomic E-state index is -0.498. The maximum atomic E-state index is 13.4. The van der Waals surface area contributed by atoms with E-state index in [-0.39, 0.29) is 41.7 Å². The number of imidazole rings is 1. The fourth-order valence-corrected chi connectivity index (χ4v) is 6.34. The third-order valence-corrected chi connectivity index (χ3v) is 9.09. The summed E-state index contributed by atoms with van der Waals surface area (Å²) in [5, 5.41) is 0. The number of amides is 2. The minimum absolute atomic E-state index is 0.0630. The summed E-state index contributed by atoms with van der Waals surface area (Å²) in [6.07, 6.45) is 2.31. The Morgan fingerprint density at radius 1 is 1.07 bits per heavy atom. The van der Waals surface area contributed by atoms with Crippen LogP contribution < -0.4 is 5.73 Å². The molecule has 9 heteroatoms. The molecule has 1 atom stereocenters. The Bertz CT molecular complexity index is 1460. The topological polar surface area (TPSA) is 103 Å². The van der Waals surface area contributed by atoms with Gasteiger partial charge in [0, 0.05) is 31.7 Å². The van der Waals surface area contributed by atoms with Crippen LogP contribution in [-0.2, 0) is 22.6 Å². The standard InChI is InChI=1S/C34H47N5O4/c1-23(32(2,3)4)38(31(41)42-21-24-11-9-8-10-12-24)20-25-13-14-28-27(17-25)36-29(35)39(28)26-18-34(19-26)15-16-37(22-34)30(40)43-33(5,6)7/h8-14,17,23,26H,15-16,18-22H2,1-7H3,(H2,35,36)/t23-,26?,34?/m0/s1. The molecule has 2 amide bonds. The van der Waals surface area contributed by atoms with Crippen molar-refractivity contribution >= 4 is 29.2 Å². The van der Waals surface area contributed by atoms with Crippen LogP contribution in [0.15, 0.2) is 48.5 Å². The first-order chi connectivity index (χ1) is 20.1. The summed E-state index contributed by atoms with van der Waals surface area (Å²) in [4.78, 5) is 34.3. The van der Waals surface area contributed by atoms with Crippen molar-refractivity contribution in [3.05, 3.63) is 59.7 Å². The van der Waals surface area contributed by atoms with Gasteiger partial charge in [0.25, 0.3) is 0 Å². The molecule has 0 bridgehead atoms. The van der Waals surface area contributed by atoms with Crippen molar-refractivity contribution in [2.75, 3.05) is 18.8 Å². The van der Waals surface area contributed by atoms with Gasteiger partial charge in [-0.05, 0) is 81.0 Å². The molecule has 1 spiro atoms. The van der Waals surface area contributed by atoms with Crippen molar-refractivity contribution in [1.29, 1.82) is 0 Å². The van der Waals surface area contributed by atoms with Crippen LogP contribution in [-0.4, -0.2) is 56.3 Å². The molecule has 2 aliphatic rings. The molecule has 5 rings (SSSR count). The van der Waals surface area contributed by atoms with Crippen molar-refractivity contribution in [3.8, 4) is 0 Å². The molecule has 1 aromatic heterocycles. The Kier molecular flexibility index (Phi) is 8.13. The number of likely N-dealkylation sites (tertiary alicyclic amines) is 1. The molecule has 2 heterocycles. The molecule has 1 saturated heterocycles. The van der Waals surface area contributed by atoms with E-state index in [1.807, 2.05) is 62.1 Å². The van der Waals surface area contributed by atoms with Gasteiger partial charge in [-0.25, -0.2) is 14.6 Å². The van der Waals surface area contributed by atoms with Crippen molar-refractivity contribution in [2.45, 2.75) is 98.6 Å². The van der Waals surface area contributed by atoms with E-state index in [2.05, 4.69) is 44.4 Å². The third kappa shape index (κ3) is 6.76. The first-order valence-corrected chi connectivity index (χ1v) is 15.4. The predicted octanol–water partition coefficient (Wildman–Crippen LogP) is 7.15. The number of hydrogen-bond acceptors (Lipinski definition) is 6. The number of nitrogens with zero attached hydrogens (tertiary/aromatic N) is 4. The highest BCUT2D eigenvalue weighted by Gasteiger charge is 2.51. The molecule has 2 N–H and O–H groups in total. The monoisotopic (exact) mass is 589 g/mol.